The lowest BCUT2D eigenvalue weighted by Crippen LogP contribution is -2.40. The molecular formula is C20H25NO4S. The van der Waals surface area contributed by atoms with Crippen LogP contribution in [0, 0.1) is 0 Å². The predicted octanol–water partition coefficient (Wildman–Crippen LogP) is 3.29. The first-order valence-corrected chi connectivity index (χ1v) is 10.4. The summed E-state index contributed by atoms with van der Waals surface area (Å²) in [6.45, 7) is 1.03. The zero-order chi connectivity index (χ0) is 18.6. The average molecular weight is 375 g/mol. The Morgan fingerprint density at radius 1 is 0.923 bits per heavy atom. The molecule has 5 nitrogen and oxygen atoms in total. The number of sulfonamides is 1. The predicted molar refractivity (Wildman–Crippen MR) is 101 cm³/mol. The first-order chi connectivity index (χ1) is 12.5. The third kappa shape index (κ3) is 3.92. The first kappa shape index (κ1) is 18.9. The van der Waals surface area contributed by atoms with Crippen molar-refractivity contribution < 1.29 is 18.3 Å². The van der Waals surface area contributed by atoms with Crippen molar-refractivity contribution in [2.75, 3.05) is 20.2 Å². The van der Waals surface area contributed by atoms with Crippen molar-refractivity contribution in [2.45, 2.75) is 30.6 Å². The standard InChI is InChI=1S/C20H25NO4S/c1-25-18-12-10-16(11-13-18)19(22)20(17-8-4-2-5-9-17)26(23,24)21-14-6-3-7-15-21/h2,4-5,8-13,19-20,22H,3,6-7,14-15H2,1H3/t19-,20-/m0/s1. The number of benzene rings is 2. The Morgan fingerprint density at radius 2 is 1.54 bits per heavy atom. The van der Waals surface area contributed by atoms with Crippen LogP contribution in [-0.4, -0.2) is 38.0 Å². The molecule has 1 aliphatic heterocycles. The van der Waals surface area contributed by atoms with E-state index in [1.807, 2.05) is 6.07 Å². The normalized spacial score (nSPS) is 18.2. The minimum absolute atomic E-state index is 0.515. The van der Waals surface area contributed by atoms with Crippen LogP contribution in [0.3, 0.4) is 0 Å². The van der Waals surface area contributed by atoms with Crippen LogP contribution < -0.4 is 4.74 Å². The van der Waals surface area contributed by atoms with Crippen LogP contribution in [0.2, 0.25) is 0 Å². The van der Waals surface area contributed by atoms with Crippen LogP contribution >= 0.6 is 0 Å². The van der Waals surface area contributed by atoms with Crippen LogP contribution in [0.25, 0.3) is 0 Å². The largest absolute Gasteiger partial charge is 0.497 e. The lowest BCUT2D eigenvalue weighted by atomic mass is 10.0. The van der Waals surface area contributed by atoms with E-state index in [-0.39, 0.29) is 0 Å². The maximum Gasteiger partial charge on any atom is 0.224 e. The van der Waals surface area contributed by atoms with E-state index in [1.165, 1.54) is 4.31 Å². The number of piperidine rings is 1. The SMILES string of the molecule is COc1ccc([C@H](O)[C@H](c2ccccc2)S(=O)(=O)N2CCCCC2)cc1. The second-order valence-corrected chi connectivity index (χ2v) is 8.61. The van der Waals surface area contributed by atoms with Crippen molar-refractivity contribution in [1.29, 1.82) is 0 Å². The summed E-state index contributed by atoms with van der Waals surface area (Å²) >= 11 is 0. The number of aliphatic hydroxyl groups excluding tert-OH is 1. The molecule has 0 bridgehead atoms. The van der Waals surface area contributed by atoms with Gasteiger partial charge in [-0.3, -0.25) is 0 Å². The number of ether oxygens (including phenoxy) is 1. The maximum absolute atomic E-state index is 13.4. The van der Waals surface area contributed by atoms with E-state index in [1.54, 1.807) is 55.6 Å². The minimum atomic E-state index is -3.69. The molecule has 1 aliphatic rings. The van der Waals surface area contributed by atoms with E-state index in [0.29, 0.717) is 30.0 Å². The van der Waals surface area contributed by atoms with Crippen LogP contribution in [0.4, 0.5) is 0 Å². The molecule has 140 valence electrons. The van der Waals surface area contributed by atoms with Gasteiger partial charge in [-0.2, -0.15) is 0 Å². The summed E-state index contributed by atoms with van der Waals surface area (Å²) in [5.41, 5.74) is 1.15. The molecular weight excluding hydrogens is 350 g/mol. The Kier molecular flexibility index (Phi) is 5.96. The second kappa shape index (κ2) is 8.20. The molecule has 2 aromatic rings. The first-order valence-electron chi connectivity index (χ1n) is 8.90. The summed E-state index contributed by atoms with van der Waals surface area (Å²) in [6, 6.07) is 15.9. The van der Waals surface area contributed by atoms with Crippen LogP contribution in [0.15, 0.2) is 54.6 Å². The molecule has 1 fully saturated rings. The third-order valence-electron chi connectivity index (χ3n) is 4.87. The van der Waals surface area contributed by atoms with Gasteiger partial charge in [-0.15, -0.1) is 0 Å². The average Bonchev–Trinajstić information content (AvgIpc) is 2.69. The van der Waals surface area contributed by atoms with Crippen LogP contribution in [0.5, 0.6) is 5.75 Å². The van der Waals surface area contributed by atoms with E-state index in [9.17, 15) is 13.5 Å². The molecule has 0 aliphatic carbocycles. The monoisotopic (exact) mass is 375 g/mol. The molecule has 1 heterocycles. The molecule has 1 N–H and O–H groups in total. The summed E-state index contributed by atoms with van der Waals surface area (Å²) in [5, 5.41) is 9.98. The maximum atomic E-state index is 13.4. The van der Waals surface area contributed by atoms with Crippen molar-refractivity contribution in [1.82, 2.24) is 4.31 Å². The molecule has 2 aromatic carbocycles. The van der Waals surface area contributed by atoms with Crippen molar-refractivity contribution in [3.63, 3.8) is 0 Å². The van der Waals surface area contributed by atoms with Gasteiger partial charge in [-0.1, -0.05) is 48.9 Å². The molecule has 6 heteroatoms. The Morgan fingerprint density at radius 3 is 2.12 bits per heavy atom. The van der Waals surface area contributed by atoms with Gasteiger partial charge in [0.2, 0.25) is 10.0 Å². The van der Waals surface area contributed by atoms with Gasteiger partial charge in [0, 0.05) is 13.1 Å². The molecule has 0 aromatic heterocycles. The topological polar surface area (TPSA) is 66.8 Å². The lowest BCUT2D eigenvalue weighted by Gasteiger charge is -2.32. The Bertz CT molecular complexity index is 799. The van der Waals surface area contributed by atoms with Gasteiger partial charge in [0.15, 0.2) is 0 Å². The Labute approximate surface area is 155 Å². The van der Waals surface area contributed by atoms with Crippen molar-refractivity contribution in [3.05, 3.63) is 65.7 Å². The number of aliphatic hydroxyl groups is 1. The fourth-order valence-corrected chi connectivity index (χ4v) is 5.49. The van der Waals surface area contributed by atoms with Crippen molar-refractivity contribution in [2.24, 2.45) is 0 Å². The van der Waals surface area contributed by atoms with Crippen LogP contribution in [0.1, 0.15) is 41.7 Å². The van der Waals surface area contributed by atoms with Gasteiger partial charge in [-0.25, -0.2) is 12.7 Å². The lowest BCUT2D eigenvalue weighted by molar-refractivity contribution is 0.167. The Balaban J connectivity index is 2.00. The number of methoxy groups -OCH3 is 1. The van der Waals surface area contributed by atoms with Gasteiger partial charge >= 0.3 is 0 Å². The summed E-state index contributed by atoms with van der Waals surface area (Å²) in [4.78, 5) is 0. The van der Waals surface area contributed by atoms with Crippen molar-refractivity contribution in [3.8, 4) is 5.75 Å². The third-order valence-corrected chi connectivity index (χ3v) is 7.12. The van der Waals surface area contributed by atoms with Gasteiger partial charge in [0.05, 0.1) is 7.11 Å². The van der Waals surface area contributed by atoms with Crippen molar-refractivity contribution >= 4 is 10.0 Å². The molecule has 1 saturated heterocycles. The van der Waals surface area contributed by atoms with E-state index in [4.69, 9.17) is 4.74 Å². The van der Waals surface area contributed by atoms with E-state index in [0.717, 1.165) is 19.3 Å². The molecule has 0 spiro atoms. The highest BCUT2D eigenvalue weighted by Gasteiger charge is 2.39. The summed E-state index contributed by atoms with van der Waals surface area (Å²) in [7, 11) is -2.12. The van der Waals surface area contributed by atoms with E-state index in [2.05, 4.69) is 0 Å². The minimum Gasteiger partial charge on any atom is -0.497 e. The van der Waals surface area contributed by atoms with Gasteiger partial charge in [0.1, 0.15) is 17.1 Å². The van der Waals surface area contributed by atoms with E-state index >= 15 is 0 Å². The van der Waals surface area contributed by atoms with Gasteiger partial charge in [-0.05, 0) is 36.1 Å². The molecule has 0 unspecified atom stereocenters. The summed E-state index contributed by atoms with van der Waals surface area (Å²) < 4.78 is 33.4. The molecule has 0 saturated carbocycles. The second-order valence-electron chi connectivity index (χ2n) is 6.55. The highest BCUT2D eigenvalue weighted by molar-refractivity contribution is 7.89. The van der Waals surface area contributed by atoms with Gasteiger partial charge in [0.25, 0.3) is 0 Å². The van der Waals surface area contributed by atoms with E-state index < -0.39 is 21.4 Å². The molecule has 3 rings (SSSR count). The molecule has 0 radical (unpaired) electrons. The zero-order valence-corrected chi connectivity index (χ0v) is 15.7. The Hall–Kier alpha value is -1.89. The fraction of sp³-hybridized carbons (Fsp3) is 0.400. The molecule has 2 atom stereocenters. The highest BCUT2D eigenvalue weighted by Crippen LogP contribution is 2.38. The summed E-state index contributed by atoms with van der Waals surface area (Å²) in [5.74, 6) is 0.663. The fourth-order valence-electron chi connectivity index (χ4n) is 3.42. The number of rotatable bonds is 6. The van der Waals surface area contributed by atoms with Crippen LogP contribution in [-0.2, 0) is 10.0 Å². The highest BCUT2D eigenvalue weighted by atomic mass is 32.2. The molecule has 0 amide bonds. The molecule has 26 heavy (non-hydrogen) atoms. The smallest absolute Gasteiger partial charge is 0.224 e. The number of hydrogen-bond donors (Lipinski definition) is 1. The quantitative estimate of drug-likeness (QED) is 0.841. The summed E-state index contributed by atoms with van der Waals surface area (Å²) in [6.07, 6.45) is 1.61. The van der Waals surface area contributed by atoms with Gasteiger partial charge < -0.3 is 9.84 Å². The number of hydrogen-bond acceptors (Lipinski definition) is 4. The zero-order valence-electron chi connectivity index (χ0n) is 14.9. The number of nitrogens with zero attached hydrogens (tertiary/aromatic N) is 1.